The minimum atomic E-state index is -0.369. The molecule has 6 rings (SSSR count). The maximum atomic E-state index is 14.0. The van der Waals surface area contributed by atoms with Crippen LogP contribution in [-0.2, 0) is 16.1 Å². The quantitative estimate of drug-likeness (QED) is 0.192. The first-order chi connectivity index (χ1) is 22.9. The van der Waals surface area contributed by atoms with Crippen LogP contribution in [0.1, 0.15) is 21.9 Å². The molecule has 2 heterocycles. The molecule has 2 amide bonds. The van der Waals surface area contributed by atoms with Crippen molar-refractivity contribution in [3.05, 3.63) is 120 Å². The van der Waals surface area contributed by atoms with Gasteiger partial charge in [0.05, 0.1) is 43.7 Å². The number of nitrogens with one attached hydrogen (secondary N) is 1. The minimum absolute atomic E-state index is 0.107. The van der Waals surface area contributed by atoms with Gasteiger partial charge in [0.25, 0.3) is 0 Å². The van der Waals surface area contributed by atoms with Crippen molar-refractivity contribution in [1.82, 2.24) is 15.1 Å². The zero-order chi connectivity index (χ0) is 32.9. The fourth-order valence-corrected chi connectivity index (χ4v) is 6.70. The molecule has 1 aliphatic rings. The van der Waals surface area contributed by atoms with E-state index in [0.717, 1.165) is 22.3 Å². The Hall–Kier alpha value is -5.29. The van der Waals surface area contributed by atoms with Crippen LogP contribution in [0.15, 0.2) is 97.1 Å². The average molecular weight is 653 g/mol. The van der Waals surface area contributed by atoms with Gasteiger partial charge in [-0.2, -0.15) is 5.10 Å². The number of hydrogen-bond acceptors (Lipinski definition) is 7. The molecule has 1 N–H and O–H groups in total. The maximum absolute atomic E-state index is 14.0. The van der Waals surface area contributed by atoms with E-state index >= 15 is 0 Å². The van der Waals surface area contributed by atoms with Gasteiger partial charge in [0, 0.05) is 17.7 Å². The zero-order valence-corrected chi connectivity index (χ0v) is 26.9. The van der Waals surface area contributed by atoms with Crippen molar-refractivity contribution < 1.29 is 28.2 Å². The van der Waals surface area contributed by atoms with Crippen molar-refractivity contribution in [3.63, 3.8) is 0 Å². The third-order valence-electron chi connectivity index (χ3n) is 7.87. The van der Waals surface area contributed by atoms with Crippen molar-refractivity contribution >= 4 is 29.4 Å². The third-order valence-corrected chi connectivity index (χ3v) is 9.12. The first-order valence-corrected chi connectivity index (χ1v) is 15.9. The molecule has 0 saturated carbocycles. The highest BCUT2D eigenvalue weighted by molar-refractivity contribution is 8.00. The largest absolute Gasteiger partial charge is 0.497 e. The lowest BCUT2D eigenvalue weighted by molar-refractivity contribution is -0.123. The van der Waals surface area contributed by atoms with E-state index in [1.807, 2.05) is 72.8 Å². The van der Waals surface area contributed by atoms with Gasteiger partial charge in [-0.25, -0.2) is 9.07 Å². The molecular weight excluding hydrogens is 619 g/mol. The third kappa shape index (κ3) is 6.66. The summed E-state index contributed by atoms with van der Waals surface area (Å²) >= 11 is 1.46. The smallest absolute Gasteiger partial charge is 0.240 e. The van der Waals surface area contributed by atoms with Crippen molar-refractivity contribution in [2.24, 2.45) is 0 Å². The van der Waals surface area contributed by atoms with Gasteiger partial charge >= 0.3 is 0 Å². The van der Waals surface area contributed by atoms with Crippen LogP contribution in [0.3, 0.4) is 0 Å². The number of ether oxygens (including phenoxy) is 3. The number of amides is 2. The summed E-state index contributed by atoms with van der Waals surface area (Å²) in [4.78, 5) is 29.0. The number of benzene rings is 4. The van der Waals surface area contributed by atoms with Crippen LogP contribution in [0.4, 0.5) is 10.2 Å². The molecule has 0 spiro atoms. The number of nitrogens with zero attached hydrogens (tertiary/aromatic N) is 3. The summed E-state index contributed by atoms with van der Waals surface area (Å²) in [5, 5.41) is 7.64. The topological polar surface area (TPSA) is 94.9 Å². The molecule has 47 heavy (non-hydrogen) atoms. The SMILES string of the molecule is COc1ccc(-n2nc(-c3ccccc3)c3c2N(CC(=O)NCc2ccc(F)cc2)C(=O)CS[C@@H]3c2ccc(OC)c(OC)c2)cc1. The molecule has 1 aliphatic heterocycles. The molecule has 0 unspecified atom stereocenters. The summed E-state index contributed by atoms with van der Waals surface area (Å²) in [6.45, 7) is -0.0631. The number of fused-ring (bicyclic) bond motifs is 1. The Labute approximate surface area is 276 Å². The van der Waals surface area contributed by atoms with E-state index in [4.69, 9.17) is 19.3 Å². The number of hydrogen-bond donors (Lipinski definition) is 1. The average Bonchev–Trinajstić information content (AvgIpc) is 3.44. The molecule has 0 bridgehead atoms. The zero-order valence-electron chi connectivity index (χ0n) is 26.1. The van der Waals surface area contributed by atoms with Crippen LogP contribution in [0.2, 0.25) is 0 Å². The first-order valence-electron chi connectivity index (χ1n) is 14.9. The highest BCUT2D eigenvalue weighted by Gasteiger charge is 2.38. The van der Waals surface area contributed by atoms with Gasteiger partial charge < -0.3 is 19.5 Å². The lowest BCUT2D eigenvalue weighted by Crippen LogP contribution is -2.42. The van der Waals surface area contributed by atoms with Crippen LogP contribution in [0.5, 0.6) is 17.2 Å². The van der Waals surface area contributed by atoms with Gasteiger partial charge in [0.1, 0.15) is 23.9 Å². The van der Waals surface area contributed by atoms with Gasteiger partial charge in [-0.3, -0.25) is 14.5 Å². The Morgan fingerprint density at radius 1 is 0.915 bits per heavy atom. The maximum Gasteiger partial charge on any atom is 0.240 e. The molecule has 5 aromatic rings. The van der Waals surface area contributed by atoms with E-state index in [2.05, 4.69) is 5.32 Å². The molecule has 1 atom stereocenters. The number of rotatable bonds is 10. The van der Waals surface area contributed by atoms with Gasteiger partial charge in [0.2, 0.25) is 11.8 Å². The molecule has 0 saturated heterocycles. The van der Waals surface area contributed by atoms with E-state index in [9.17, 15) is 14.0 Å². The predicted molar refractivity (Wildman–Crippen MR) is 180 cm³/mol. The van der Waals surface area contributed by atoms with E-state index in [-0.39, 0.29) is 41.7 Å². The second-order valence-corrected chi connectivity index (χ2v) is 11.8. The number of carbonyl (C=O) groups is 2. The molecule has 11 heteroatoms. The van der Waals surface area contributed by atoms with E-state index < -0.39 is 0 Å². The van der Waals surface area contributed by atoms with Crippen molar-refractivity contribution in [1.29, 1.82) is 0 Å². The Balaban J connectivity index is 1.51. The Morgan fingerprint density at radius 3 is 2.32 bits per heavy atom. The Kier molecular flexibility index (Phi) is 9.44. The molecule has 0 radical (unpaired) electrons. The fraction of sp³-hybridized carbons (Fsp3) is 0.194. The van der Waals surface area contributed by atoms with Crippen LogP contribution in [-0.4, -0.2) is 55.2 Å². The summed E-state index contributed by atoms with van der Waals surface area (Å²) < 4.78 is 31.7. The van der Waals surface area contributed by atoms with Gasteiger partial charge in [-0.1, -0.05) is 48.5 Å². The van der Waals surface area contributed by atoms with Crippen LogP contribution in [0, 0.1) is 5.82 Å². The molecule has 240 valence electrons. The fourth-order valence-electron chi connectivity index (χ4n) is 5.51. The summed E-state index contributed by atoms with van der Waals surface area (Å²) in [7, 11) is 4.76. The number of halogens is 1. The molecule has 0 aliphatic carbocycles. The van der Waals surface area contributed by atoms with Gasteiger partial charge in [-0.05, 0) is 59.7 Å². The summed E-state index contributed by atoms with van der Waals surface area (Å²) in [6, 6.07) is 28.8. The molecule has 0 fully saturated rings. The second kappa shape index (κ2) is 14.0. The van der Waals surface area contributed by atoms with E-state index in [1.54, 1.807) is 38.1 Å². The number of carbonyl (C=O) groups excluding carboxylic acids is 2. The summed E-state index contributed by atoms with van der Waals surface area (Å²) in [5.41, 5.74) is 4.62. The van der Waals surface area contributed by atoms with Crippen molar-refractivity contribution in [2.45, 2.75) is 11.8 Å². The standard InChI is InChI=1S/C36H33FN4O5S/c1-44-28-16-14-27(15-17-28)41-36-33(34(39-41)24-7-5-4-6-8-24)35(25-11-18-29(45-2)30(19-25)46-3)47-22-32(43)40(36)21-31(42)38-20-23-9-12-26(37)13-10-23/h4-19,35H,20-22H2,1-3H3,(H,38,42)/t35-/m1/s1. The normalized spacial score (nSPS) is 14.3. The Bertz CT molecular complexity index is 1880. The molecule has 9 nitrogen and oxygen atoms in total. The number of anilines is 1. The van der Waals surface area contributed by atoms with Crippen molar-refractivity contribution in [2.75, 3.05) is 38.5 Å². The molecular formula is C36H33FN4O5S. The molecule has 4 aromatic carbocycles. The summed E-state index contributed by atoms with van der Waals surface area (Å²) in [5.74, 6) is 1.44. The Morgan fingerprint density at radius 2 is 1.64 bits per heavy atom. The first kappa shape index (κ1) is 31.7. The summed E-state index contributed by atoms with van der Waals surface area (Å²) in [6.07, 6.45) is 0. The lowest BCUT2D eigenvalue weighted by Gasteiger charge is -2.23. The number of methoxy groups -OCH3 is 3. The molecule has 1 aromatic heterocycles. The van der Waals surface area contributed by atoms with E-state index in [0.29, 0.717) is 34.4 Å². The number of aromatic nitrogens is 2. The van der Waals surface area contributed by atoms with E-state index in [1.165, 1.54) is 28.8 Å². The highest BCUT2D eigenvalue weighted by Crippen LogP contribution is 2.49. The van der Waals surface area contributed by atoms with Crippen LogP contribution >= 0.6 is 11.8 Å². The number of thioether (sulfide) groups is 1. The predicted octanol–water partition coefficient (Wildman–Crippen LogP) is 6.19. The lowest BCUT2D eigenvalue weighted by atomic mass is 9.99. The minimum Gasteiger partial charge on any atom is -0.497 e. The van der Waals surface area contributed by atoms with Gasteiger partial charge in [-0.15, -0.1) is 11.8 Å². The second-order valence-electron chi connectivity index (χ2n) is 10.8. The van der Waals surface area contributed by atoms with Crippen molar-refractivity contribution in [3.8, 4) is 34.2 Å². The monoisotopic (exact) mass is 652 g/mol. The van der Waals surface area contributed by atoms with Crippen LogP contribution < -0.4 is 24.4 Å². The highest BCUT2D eigenvalue weighted by atomic mass is 32.2. The van der Waals surface area contributed by atoms with Crippen LogP contribution in [0.25, 0.3) is 16.9 Å². The van der Waals surface area contributed by atoms with Gasteiger partial charge in [0.15, 0.2) is 11.5 Å².